The Morgan fingerprint density at radius 2 is 2.11 bits per heavy atom. The number of hydrogen-bond acceptors (Lipinski definition) is 2. The Morgan fingerprint density at radius 3 is 2.95 bits per heavy atom. The highest BCUT2D eigenvalue weighted by molar-refractivity contribution is 9.10. The van der Waals surface area contributed by atoms with Crippen LogP contribution < -0.4 is 5.32 Å². The lowest BCUT2D eigenvalue weighted by Crippen LogP contribution is -2.16. The molecule has 1 nitrogen and oxygen atoms in total. The van der Waals surface area contributed by atoms with Gasteiger partial charge in [-0.3, -0.25) is 0 Å². The number of fused-ring (bicyclic) bond motifs is 1. The second kappa shape index (κ2) is 5.78. The second-order valence-electron chi connectivity index (χ2n) is 4.56. The molecule has 1 heterocycles. The first kappa shape index (κ1) is 13.3. The molecular weight excluding hydrogens is 342 g/mol. The fourth-order valence-corrected chi connectivity index (χ4v) is 4.03. The first-order valence-corrected chi connectivity index (χ1v) is 8.21. The van der Waals surface area contributed by atoms with Gasteiger partial charge in [-0.15, -0.1) is 11.8 Å². The molecule has 0 fully saturated rings. The molecule has 0 spiro atoms. The molecule has 98 valence electrons. The van der Waals surface area contributed by atoms with Crippen molar-refractivity contribution in [1.82, 2.24) is 0 Å². The lowest BCUT2D eigenvalue weighted by molar-refractivity contribution is 0.899. The molecule has 3 rings (SSSR count). The topological polar surface area (TPSA) is 12.0 Å². The lowest BCUT2D eigenvalue weighted by atomic mass is 10.1. The van der Waals surface area contributed by atoms with E-state index in [9.17, 15) is 0 Å². The average molecular weight is 355 g/mol. The van der Waals surface area contributed by atoms with Gasteiger partial charge in [0.05, 0.1) is 0 Å². The van der Waals surface area contributed by atoms with Crippen molar-refractivity contribution >= 4 is 45.0 Å². The first-order valence-electron chi connectivity index (χ1n) is 6.16. The molecule has 2 aromatic carbocycles. The molecule has 1 aliphatic heterocycles. The van der Waals surface area contributed by atoms with Crippen LogP contribution in [0.25, 0.3) is 0 Å². The van der Waals surface area contributed by atoms with Crippen molar-refractivity contribution < 1.29 is 0 Å². The van der Waals surface area contributed by atoms with Crippen LogP contribution in [0.4, 0.5) is 5.69 Å². The smallest absolute Gasteiger partial charge is 0.0499 e. The molecule has 0 saturated heterocycles. The second-order valence-corrected chi connectivity index (χ2v) is 7.19. The van der Waals surface area contributed by atoms with Gasteiger partial charge >= 0.3 is 0 Å². The van der Waals surface area contributed by atoms with Gasteiger partial charge in [0, 0.05) is 31.9 Å². The Labute approximate surface area is 130 Å². The normalized spacial score (nSPS) is 17.3. The quantitative estimate of drug-likeness (QED) is 0.810. The summed E-state index contributed by atoms with van der Waals surface area (Å²) >= 11 is 11.5. The van der Waals surface area contributed by atoms with E-state index in [2.05, 4.69) is 45.5 Å². The van der Waals surface area contributed by atoms with E-state index >= 15 is 0 Å². The van der Waals surface area contributed by atoms with Crippen LogP contribution in [0.15, 0.2) is 51.8 Å². The van der Waals surface area contributed by atoms with Crippen molar-refractivity contribution in [2.75, 3.05) is 11.9 Å². The number of nitrogens with one attached hydrogen (secondary N) is 1. The van der Waals surface area contributed by atoms with Gasteiger partial charge in [0.15, 0.2) is 0 Å². The van der Waals surface area contributed by atoms with Gasteiger partial charge < -0.3 is 5.32 Å². The van der Waals surface area contributed by atoms with Crippen LogP contribution in [0.3, 0.4) is 0 Å². The van der Waals surface area contributed by atoms with E-state index in [0.717, 1.165) is 28.1 Å². The molecule has 0 aromatic heterocycles. The Kier molecular flexibility index (Phi) is 4.06. The van der Waals surface area contributed by atoms with Crippen molar-refractivity contribution in [2.45, 2.75) is 16.6 Å². The number of benzene rings is 2. The molecule has 1 unspecified atom stereocenters. The van der Waals surface area contributed by atoms with Crippen LogP contribution in [-0.4, -0.2) is 11.8 Å². The molecule has 0 radical (unpaired) electrons. The largest absolute Gasteiger partial charge is 0.383 e. The summed E-state index contributed by atoms with van der Waals surface area (Å²) in [6.45, 7) is 0.943. The Bertz CT molecular complexity index is 577. The van der Waals surface area contributed by atoms with Crippen molar-refractivity contribution in [3.05, 3.63) is 57.5 Å². The zero-order valence-electron chi connectivity index (χ0n) is 10.2. The fraction of sp³-hybridized carbons (Fsp3) is 0.200. The molecule has 1 aliphatic rings. The third-order valence-electron chi connectivity index (χ3n) is 3.16. The molecule has 0 saturated carbocycles. The standard InChI is InChI=1S/C15H13BrClNS/c16-13-6-5-11(17)8-14(13)18-9-12-7-10-3-1-2-4-15(10)19-12/h1-6,8,12,18H,7,9H2. The van der Waals surface area contributed by atoms with Crippen LogP contribution >= 0.6 is 39.3 Å². The minimum Gasteiger partial charge on any atom is -0.383 e. The van der Waals surface area contributed by atoms with Crippen molar-refractivity contribution in [3.63, 3.8) is 0 Å². The fourth-order valence-electron chi connectivity index (χ4n) is 2.22. The highest BCUT2D eigenvalue weighted by Crippen LogP contribution is 2.37. The van der Waals surface area contributed by atoms with E-state index in [1.807, 2.05) is 30.0 Å². The average Bonchev–Trinajstić information content (AvgIpc) is 2.82. The first-order chi connectivity index (χ1) is 9.22. The summed E-state index contributed by atoms with van der Waals surface area (Å²) in [7, 11) is 0. The van der Waals surface area contributed by atoms with Crippen LogP contribution in [0.1, 0.15) is 5.56 Å². The zero-order valence-corrected chi connectivity index (χ0v) is 13.4. The van der Waals surface area contributed by atoms with Crippen molar-refractivity contribution in [2.24, 2.45) is 0 Å². The third kappa shape index (κ3) is 3.10. The van der Waals surface area contributed by atoms with Gasteiger partial charge in [-0.2, -0.15) is 0 Å². The molecule has 2 aromatic rings. The highest BCUT2D eigenvalue weighted by Gasteiger charge is 2.21. The van der Waals surface area contributed by atoms with Crippen LogP contribution in [0.2, 0.25) is 5.02 Å². The van der Waals surface area contributed by atoms with E-state index in [0.29, 0.717) is 5.25 Å². The maximum atomic E-state index is 6.02. The number of hydrogen-bond donors (Lipinski definition) is 1. The monoisotopic (exact) mass is 353 g/mol. The van der Waals surface area contributed by atoms with E-state index in [1.54, 1.807) is 0 Å². The predicted octanol–water partition coefficient (Wildman–Crippen LogP) is 5.23. The molecule has 19 heavy (non-hydrogen) atoms. The summed E-state index contributed by atoms with van der Waals surface area (Å²) in [5, 5.41) is 4.82. The van der Waals surface area contributed by atoms with Crippen molar-refractivity contribution in [1.29, 1.82) is 0 Å². The number of rotatable bonds is 3. The summed E-state index contributed by atoms with van der Waals surface area (Å²) in [4.78, 5) is 1.42. The maximum Gasteiger partial charge on any atom is 0.0499 e. The Hall–Kier alpha value is -0.640. The molecule has 1 N–H and O–H groups in total. The third-order valence-corrected chi connectivity index (χ3v) is 5.41. The summed E-state index contributed by atoms with van der Waals surface area (Å²) in [5.74, 6) is 0. The van der Waals surface area contributed by atoms with Crippen LogP contribution in [0, 0.1) is 0 Å². The van der Waals surface area contributed by atoms with Crippen LogP contribution in [-0.2, 0) is 6.42 Å². The van der Waals surface area contributed by atoms with Gasteiger partial charge in [0.25, 0.3) is 0 Å². The SMILES string of the molecule is Clc1ccc(Br)c(NCC2Cc3ccccc3S2)c1. The van der Waals surface area contributed by atoms with Gasteiger partial charge in [-0.25, -0.2) is 0 Å². The van der Waals surface area contributed by atoms with Gasteiger partial charge in [-0.1, -0.05) is 29.8 Å². The molecule has 1 atom stereocenters. The summed E-state index contributed by atoms with van der Waals surface area (Å²) in [5.41, 5.74) is 2.52. The number of thioether (sulfide) groups is 1. The van der Waals surface area contributed by atoms with Crippen LogP contribution in [0.5, 0.6) is 0 Å². The Balaban J connectivity index is 1.64. The summed E-state index contributed by atoms with van der Waals surface area (Å²) in [6, 6.07) is 14.5. The van der Waals surface area contributed by atoms with E-state index in [-0.39, 0.29) is 0 Å². The zero-order chi connectivity index (χ0) is 13.2. The van der Waals surface area contributed by atoms with Gasteiger partial charge in [0.1, 0.15) is 0 Å². The Morgan fingerprint density at radius 1 is 1.26 bits per heavy atom. The van der Waals surface area contributed by atoms with E-state index < -0.39 is 0 Å². The number of anilines is 1. The predicted molar refractivity (Wildman–Crippen MR) is 87.4 cm³/mol. The minimum absolute atomic E-state index is 0.586. The molecule has 0 amide bonds. The van der Waals surface area contributed by atoms with E-state index in [1.165, 1.54) is 10.5 Å². The molecular formula is C15H13BrClNS. The molecule has 0 aliphatic carbocycles. The van der Waals surface area contributed by atoms with E-state index in [4.69, 9.17) is 11.6 Å². The lowest BCUT2D eigenvalue weighted by Gasteiger charge is -2.13. The summed E-state index contributed by atoms with van der Waals surface area (Å²) < 4.78 is 1.05. The van der Waals surface area contributed by atoms with Gasteiger partial charge in [-0.05, 0) is 52.2 Å². The van der Waals surface area contributed by atoms with Crippen molar-refractivity contribution in [3.8, 4) is 0 Å². The molecule has 0 bridgehead atoms. The number of halogens is 2. The summed E-state index contributed by atoms with van der Waals surface area (Å²) in [6.07, 6.45) is 1.13. The highest BCUT2D eigenvalue weighted by atomic mass is 79.9. The van der Waals surface area contributed by atoms with Gasteiger partial charge in [0.2, 0.25) is 0 Å². The maximum absolute atomic E-state index is 6.02. The molecule has 4 heteroatoms. The minimum atomic E-state index is 0.586.